The molecule has 0 aliphatic carbocycles. The molecule has 0 aliphatic rings. The second kappa shape index (κ2) is 7.56. The summed E-state index contributed by atoms with van der Waals surface area (Å²) in [4.78, 5) is 0. The predicted octanol–water partition coefficient (Wildman–Crippen LogP) is 4.83. The molecule has 0 radical (unpaired) electrons. The Morgan fingerprint density at radius 1 is 1.24 bits per heavy atom. The Labute approximate surface area is 143 Å². The molecule has 1 unspecified atom stereocenters. The zero-order valence-corrected chi connectivity index (χ0v) is 15.8. The molecule has 5 heteroatoms. The zero-order valence-electron chi connectivity index (χ0n) is 12.7. The van der Waals surface area contributed by atoms with Crippen LogP contribution in [0.1, 0.15) is 43.1 Å². The van der Waals surface area contributed by atoms with Gasteiger partial charge in [0.1, 0.15) is 0 Å². The van der Waals surface area contributed by atoms with Crippen LogP contribution in [0.3, 0.4) is 0 Å². The van der Waals surface area contributed by atoms with Crippen LogP contribution in [0.15, 0.2) is 33.3 Å². The number of rotatable bonds is 6. The van der Waals surface area contributed by atoms with Gasteiger partial charge < -0.3 is 5.32 Å². The monoisotopic (exact) mass is 413 g/mol. The highest BCUT2D eigenvalue weighted by Gasteiger charge is 2.21. The zero-order chi connectivity index (χ0) is 15.4. The van der Waals surface area contributed by atoms with Crippen molar-refractivity contribution in [2.75, 3.05) is 6.54 Å². The topological polar surface area (TPSA) is 29.9 Å². The fourth-order valence-corrected chi connectivity index (χ4v) is 3.24. The van der Waals surface area contributed by atoms with Crippen LogP contribution in [0.2, 0.25) is 0 Å². The Kier molecular flexibility index (Phi) is 6.02. The Bertz CT molecular complexity index is 608. The largest absolute Gasteiger partial charge is 0.305 e. The second-order valence-corrected chi connectivity index (χ2v) is 6.81. The number of hydrogen-bond donors (Lipinski definition) is 1. The van der Waals surface area contributed by atoms with E-state index < -0.39 is 0 Å². The van der Waals surface area contributed by atoms with Gasteiger partial charge in [0.2, 0.25) is 0 Å². The van der Waals surface area contributed by atoms with Crippen molar-refractivity contribution in [1.82, 2.24) is 15.1 Å². The van der Waals surface area contributed by atoms with Gasteiger partial charge in [0, 0.05) is 11.0 Å². The van der Waals surface area contributed by atoms with Crippen molar-refractivity contribution in [3.05, 3.63) is 50.2 Å². The molecule has 114 valence electrons. The quantitative estimate of drug-likeness (QED) is 0.733. The molecule has 21 heavy (non-hydrogen) atoms. The maximum atomic E-state index is 4.49. The number of aromatic nitrogens is 2. The van der Waals surface area contributed by atoms with Crippen molar-refractivity contribution in [1.29, 1.82) is 0 Å². The fraction of sp³-hybridized carbons (Fsp3) is 0.438. The SMILES string of the molecule is CCCn1ncc(Br)c1C(NCC)c1ccc(Br)c(C)c1. The van der Waals surface area contributed by atoms with Gasteiger partial charge in [-0.15, -0.1) is 0 Å². The normalized spacial score (nSPS) is 12.6. The molecule has 2 rings (SSSR count). The number of benzene rings is 1. The van der Waals surface area contributed by atoms with Crippen LogP contribution < -0.4 is 5.32 Å². The molecule has 1 atom stereocenters. The summed E-state index contributed by atoms with van der Waals surface area (Å²) in [6.07, 6.45) is 2.96. The third-order valence-corrected chi connectivity index (χ3v) is 4.97. The number of aryl methyl sites for hydroxylation is 2. The minimum Gasteiger partial charge on any atom is -0.305 e. The molecule has 0 aliphatic heterocycles. The first-order valence-corrected chi connectivity index (χ1v) is 8.87. The molecule has 1 aromatic carbocycles. The molecule has 0 saturated heterocycles. The third-order valence-electron chi connectivity index (χ3n) is 3.47. The van der Waals surface area contributed by atoms with Crippen LogP contribution in [0, 0.1) is 6.92 Å². The average Bonchev–Trinajstić information content (AvgIpc) is 2.81. The van der Waals surface area contributed by atoms with E-state index in [-0.39, 0.29) is 6.04 Å². The molecule has 3 nitrogen and oxygen atoms in total. The smallest absolute Gasteiger partial charge is 0.0759 e. The maximum Gasteiger partial charge on any atom is 0.0759 e. The summed E-state index contributed by atoms with van der Waals surface area (Å²) in [6.45, 7) is 8.26. The van der Waals surface area contributed by atoms with E-state index in [4.69, 9.17) is 0 Å². The van der Waals surface area contributed by atoms with Gasteiger partial charge in [0.15, 0.2) is 0 Å². The Morgan fingerprint density at radius 3 is 2.62 bits per heavy atom. The van der Waals surface area contributed by atoms with E-state index in [1.807, 2.05) is 6.20 Å². The van der Waals surface area contributed by atoms with Gasteiger partial charge in [-0.3, -0.25) is 4.68 Å². The van der Waals surface area contributed by atoms with Crippen molar-refractivity contribution in [3.8, 4) is 0 Å². The molecule has 2 aromatic rings. The van der Waals surface area contributed by atoms with Gasteiger partial charge in [-0.05, 0) is 53.0 Å². The standard InChI is InChI=1S/C16H21Br2N3/c1-4-8-21-16(14(18)10-20-21)15(19-5-2)12-6-7-13(17)11(3)9-12/h6-7,9-10,15,19H,4-5,8H2,1-3H3. The summed E-state index contributed by atoms with van der Waals surface area (Å²) in [5.41, 5.74) is 3.70. The molecular formula is C16H21Br2N3. The summed E-state index contributed by atoms with van der Waals surface area (Å²) in [7, 11) is 0. The van der Waals surface area contributed by atoms with Gasteiger partial charge in [-0.1, -0.05) is 41.9 Å². The molecule has 0 saturated carbocycles. The minimum absolute atomic E-state index is 0.144. The summed E-state index contributed by atoms with van der Waals surface area (Å²) in [6, 6.07) is 6.65. The van der Waals surface area contributed by atoms with E-state index in [0.29, 0.717) is 0 Å². The van der Waals surface area contributed by atoms with Crippen LogP contribution in [0.25, 0.3) is 0 Å². The van der Waals surface area contributed by atoms with Crippen molar-refractivity contribution in [3.63, 3.8) is 0 Å². The second-order valence-electron chi connectivity index (χ2n) is 5.10. The van der Waals surface area contributed by atoms with E-state index in [0.717, 1.165) is 28.5 Å². The predicted molar refractivity (Wildman–Crippen MR) is 94.6 cm³/mol. The van der Waals surface area contributed by atoms with Crippen LogP contribution in [0.5, 0.6) is 0 Å². The Morgan fingerprint density at radius 2 is 2.00 bits per heavy atom. The first-order chi connectivity index (χ1) is 10.1. The highest BCUT2D eigenvalue weighted by Crippen LogP contribution is 2.30. The van der Waals surface area contributed by atoms with E-state index in [2.05, 4.69) is 85.9 Å². The average molecular weight is 415 g/mol. The molecule has 1 heterocycles. The highest BCUT2D eigenvalue weighted by molar-refractivity contribution is 9.10. The van der Waals surface area contributed by atoms with E-state index in [9.17, 15) is 0 Å². The number of nitrogens with one attached hydrogen (secondary N) is 1. The molecule has 0 fully saturated rings. The summed E-state index contributed by atoms with van der Waals surface area (Å²) in [5, 5.41) is 8.08. The molecule has 1 aromatic heterocycles. The Balaban J connectivity index is 2.47. The maximum absolute atomic E-state index is 4.49. The van der Waals surface area contributed by atoms with Gasteiger partial charge in [0.25, 0.3) is 0 Å². The van der Waals surface area contributed by atoms with Crippen molar-refractivity contribution in [2.24, 2.45) is 0 Å². The lowest BCUT2D eigenvalue weighted by Gasteiger charge is -2.21. The van der Waals surface area contributed by atoms with Gasteiger partial charge in [-0.2, -0.15) is 5.10 Å². The minimum atomic E-state index is 0.144. The van der Waals surface area contributed by atoms with Gasteiger partial charge in [0.05, 0.1) is 22.4 Å². The van der Waals surface area contributed by atoms with Crippen LogP contribution in [-0.4, -0.2) is 16.3 Å². The first kappa shape index (κ1) is 16.7. The van der Waals surface area contributed by atoms with Crippen molar-refractivity contribution >= 4 is 31.9 Å². The summed E-state index contributed by atoms with van der Waals surface area (Å²) < 4.78 is 4.29. The highest BCUT2D eigenvalue weighted by atomic mass is 79.9. The third kappa shape index (κ3) is 3.76. The number of hydrogen-bond acceptors (Lipinski definition) is 2. The lowest BCUT2D eigenvalue weighted by atomic mass is 10.0. The molecular weight excluding hydrogens is 394 g/mol. The van der Waals surface area contributed by atoms with E-state index in [1.165, 1.54) is 16.8 Å². The number of halogens is 2. The molecule has 1 N–H and O–H groups in total. The summed E-state index contributed by atoms with van der Waals surface area (Å²) >= 11 is 7.23. The molecule has 0 bridgehead atoms. The van der Waals surface area contributed by atoms with Gasteiger partial charge >= 0.3 is 0 Å². The first-order valence-electron chi connectivity index (χ1n) is 7.29. The van der Waals surface area contributed by atoms with Gasteiger partial charge in [-0.25, -0.2) is 0 Å². The summed E-state index contributed by atoms with van der Waals surface area (Å²) in [5.74, 6) is 0. The van der Waals surface area contributed by atoms with E-state index >= 15 is 0 Å². The molecule has 0 spiro atoms. The van der Waals surface area contributed by atoms with Crippen LogP contribution in [0.4, 0.5) is 0 Å². The van der Waals surface area contributed by atoms with E-state index in [1.54, 1.807) is 0 Å². The fourth-order valence-electron chi connectivity index (χ4n) is 2.47. The lowest BCUT2D eigenvalue weighted by molar-refractivity contribution is 0.519. The Hall–Kier alpha value is -0.650. The molecule has 0 amide bonds. The lowest BCUT2D eigenvalue weighted by Crippen LogP contribution is -2.25. The van der Waals surface area contributed by atoms with Crippen LogP contribution >= 0.6 is 31.9 Å². The number of nitrogens with zero attached hydrogens (tertiary/aromatic N) is 2. The van der Waals surface area contributed by atoms with Crippen molar-refractivity contribution in [2.45, 2.75) is 39.8 Å². The van der Waals surface area contributed by atoms with Crippen LogP contribution in [-0.2, 0) is 6.54 Å². The van der Waals surface area contributed by atoms with Crippen molar-refractivity contribution < 1.29 is 0 Å².